The van der Waals surface area contributed by atoms with E-state index in [1.165, 1.54) is 12.0 Å². The highest BCUT2D eigenvalue weighted by Gasteiger charge is 2.45. The van der Waals surface area contributed by atoms with Crippen molar-refractivity contribution >= 4 is 28.9 Å². The van der Waals surface area contributed by atoms with Crippen molar-refractivity contribution in [3.63, 3.8) is 0 Å². The van der Waals surface area contributed by atoms with Crippen molar-refractivity contribution in [3.8, 4) is 5.75 Å². The summed E-state index contributed by atoms with van der Waals surface area (Å²) in [4.78, 5) is 6.43. The molecule has 0 amide bonds. The standard InChI is InChI=1S/C24H27Cl2N5O3/c1-17-11-27-8-9-31(17)19-3-5-20(6-4-19)32-12-21-13-33-24(34-21,14-30-16-28-15-29-30)22-7-2-18(25)10-23(22)26/h2-7,10,15-17,21,27H,8-9,11-14H2,1H3/t17?,21-,24-/m1/s1. The van der Waals surface area contributed by atoms with E-state index in [-0.39, 0.29) is 6.10 Å². The van der Waals surface area contributed by atoms with Crippen LogP contribution in [0.15, 0.2) is 55.1 Å². The molecule has 34 heavy (non-hydrogen) atoms. The van der Waals surface area contributed by atoms with Crippen LogP contribution in [-0.2, 0) is 21.8 Å². The lowest BCUT2D eigenvalue weighted by atomic mass is 10.1. The zero-order valence-electron chi connectivity index (χ0n) is 18.9. The van der Waals surface area contributed by atoms with Crippen LogP contribution in [-0.4, -0.2) is 59.8 Å². The molecule has 1 unspecified atom stereocenters. The number of nitrogens with one attached hydrogen (secondary N) is 1. The van der Waals surface area contributed by atoms with Crippen LogP contribution in [0, 0.1) is 0 Å². The molecule has 10 heteroatoms. The van der Waals surface area contributed by atoms with Crippen molar-refractivity contribution in [2.24, 2.45) is 0 Å². The van der Waals surface area contributed by atoms with E-state index >= 15 is 0 Å². The lowest BCUT2D eigenvalue weighted by Crippen LogP contribution is -2.49. The minimum Gasteiger partial charge on any atom is -0.491 e. The average Bonchev–Trinajstić information content (AvgIpc) is 3.49. The highest BCUT2D eigenvalue weighted by atomic mass is 35.5. The summed E-state index contributed by atoms with van der Waals surface area (Å²) in [6.45, 7) is 6.20. The van der Waals surface area contributed by atoms with Gasteiger partial charge in [-0.15, -0.1) is 0 Å². The fraction of sp³-hybridized carbons (Fsp3) is 0.417. The third-order valence-corrected chi connectivity index (χ3v) is 6.69. The van der Waals surface area contributed by atoms with Crippen LogP contribution in [0.25, 0.3) is 0 Å². The van der Waals surface area contributed by atoms with Gasteiger partial charge in [-0.3, -0.25) is 0 Å². The summed E-state index contributed by atoms with van der Waals surface area (Å²) >= 11 is 12.6. The number of hydrogen-bond donors (Lipinski definition) is 1. The van der Waals surface area contributed by atoms with E-state index in [1.54, 1.807) is 23.1 Å². The van der Waals surface area contributed by atoms with E-state index < -0.39 is 5.79 Å². The highest BCUT2D eigenvalue weighted by molar-refractivity contribution is 6.35. The molecule has 3 heterocycles. The maximum atomic E-state index is 6.52. The van der Waals surface area contributed by atoms with Gasteiger partial charge in [0.15, 0.2) is 0 Å². The van der Waals surface area contributed by atoms with E-state index in [0.29, 0.717) is 41.4 Å². The molecule has 1 aromatic heterocycles. The number of hydrogen-bond acceptors (Lipinski definition) is 7. The number of aromatic nitrogens is 3. The molecule has 2 aliphatic rings. The van der Waals surface area contributed by atoms with Crippen LogP contribution in [0.2, 0.25) is 10.0 Å². The Kier molecular flexibility index (Phi) is 6.94. The van der Waals surface area contributed by atoms with Crippen molar-refractivity contribution < 1.29 is 14.2 Å². The summed E-state index contributed by atoms with van der Waals surface area (Å²) in [7, 11) is 0. The number of rotatable bonds is 7. The molecule has 1 N–H and O–H groups in total. The predicted molar refractivity (Wildman–Crippen MR) is 131 cm³/mol. The fourth-order valence-corrected chi connectivity index (χ4v) is 4.98. The van der Waals surface area contributed by atoms with Gasteiger partial charge >= 0.3 is 0 Å². The molecular weight excluding hydrogens is 477 g/mol. The van der Waals surface area contributed by atoms with Gasteiger partial charge in [0.2, 0.25) is 5.79 Å². The van der Waals surface area contributed by atoms with Crippen molar-refractivity contribution in [1.82, 2.24) is 20.1 Å². The zero-order valence-corrected chi connectivity index (χ0v) is 20.4. The smallest absolute Gasteiger partial charge is 0.217 e. The van der Waals surface area contributed by atoms with E-state index in [4.69, 9.17) is 37.4 Å². The Morgan fingerprint density at radius 2 is 2.06 bits per heavy atom. The number of anilines is 1. The summed E-state index contributed by atoms with van der Waals surface area (Å²) in [5.41, 5.74) is 1.89. The first-order chi connectivity index (χ1) is 16.5. The number of piperazine rings is 1. The zero-order chi connectivity index (χ0) is 23.5. The molecule has 8 nitrogen and oxygen atoms in total. The Hall–Kier alpha value is -2.36. The van der Waals surface area contributed by atoms with Crippen LogP contribution in [0.4, 0.5) is 5.69 Å². The third-order valence-electron chi connectivity index (χ3n) is 6.14. The van der Waals surface area contributed by atoms with E-state index in [1.807, 2.05) is 18.2 Å². The fourth-order valence-electron chi connectivity index (χ4n) is 4.43. The molecule has 0 saturated carbocycles. The van der Waals surface area contributed by atoms with Gasteiger partial charge < -0.3 is 24.4 Å². The topological polar surface area (TPSA) is 73.7 Å². The van der Waals surface area contributed by atoms with Gasteiger partial charge in [-0.1, -0.05) is 29.3 Å². The number of ether oxygens (including phenoxy) is 3. The Bertz CT molecular complexity index is 1100. The second-order valence-electron chi connectivity index (χ2n) is 8.57. The first-order valence-electron chi connectivity index (χ1n) is 11.3. The second-order valence-corrected chi connectivity index (χ2v) is 9.42. The minimum atomic E-state index is -1.12. The van der Waals surface area contributed by atoms with Crippen molar-refractivity contribution in [3.05, 3.63) is 70.7 Å². The van der Waals surface area contributed by atoms with Gasteiger partial charge in [-0.25, -0.2) is 9.67 Å². The minimum absolute atomic E-state index is 0.289. The van der Waals surface area contributed by atoms with Crippen molar-refractivity contribution in [2.75, 3.05) is 37.7 Å². The summed E-state index contributed by atoms with van der Waals surface area (Å²) < 4.78 is 20.3. The second kappa shape index (κ2) is 10.1. The van der Waals surface area contributed by atoms with Gasteiger partial charge in [0.1, 0.15) is 37.7 Å². The van der Waals surface area contributed by atoms with Crippen LogP contribution < -0.4 is 15.0 Å². The van der Waals surface area contributed by atoms with Gasteiger partial charge in [-0.05, 0) is 43.3 Å². The van der Waals surface area contributed by atoms with Crippen molar-refractivity contribution in [2.45, 2.75) is 31.4 Å². The summed E-state index contributed by atoms with van der Waals surface area (Å²) in [5.74, 6) is -0.334. The lowest BCUT2D eigenvalue weighted by Gasteiger charge is -2.36. The summed E-state index contributed by atoms with van der Waals surface area (Å²) in [5, 5.41) is 8.63. The maximum Gasteiger partial charge on any atom is 0.217 e. The first kappa shape index (κ1) is 23.4. The summed E-state index contributed by atoms with van der Waals surface area (Å²) in [6.07, 6.45) is 2.80. The molecule has 180 valence electrons. The molecule has 2 aromatic carbocycles. The van der Waals surface area contributed by atoms with Crippen LogP contribution >= 0.6 is 23.2 Å². The first-order valence-corrected chi connectivity index (χ1v) is 12.1. The van der Waals surface area contributed by atoms with Gasteiger partial charge in [0.25, 0.3) is 0 Å². The Morgan fingerprint density at radius 3 is 2.79 bits per heavy atom. The van der Waals surface area contributed by atoms with Gasteiger partial charge in [0.05, 0.1) is 11.6 Å². The van der Waals surface area contributed by atoms with E-state index in [9.17, 15) is 0 Å². The lowest BCUT2D eigenvalue weighted by molar-refractivity contribution is -0.190. The third kappa shape index (κ3) is 5.01. The largest absolute Gasteiger partial charge is 0.491 e. The van der Waals surface area contributed by atoms with Gasteiger partial charge in [0, 0.05) is 41.9 Å². The van der Waals surface area contributed by atoms with Crippen LogP contribution in [0.3, 0.4) is 0 Å². The molecule has 2 aliphatic heterocycles. The molecule has 0 bridgehead atoms. The molecule has 0 aliphatic carbocycles. The van der Waals surface area contributed by atoms with Gasteiger partial charge in [-0.2, -0.15) is 5.10 Å². The molecule has 3 atom stereocenters. The summed E-state index contributed by atoms with van der Waals surface area (Å²) in [6, 6.07) is 13.9. The average molecular weight is 504 g/mol. The molecule has 0 radical (unpaired) electrons. The highest BCUT2D eigenvalue weighted by Crippen LogP contribution is 2.40. The van der Waals surface area contributed by atoms with Crippen molar-refractivity contribution in [1.29, 1.82) is 0 Å². The predicted octanol–water partition coefficient (Wildman–Crippen LogP) is 3.73. The quantitative estimate of drug-likeness (QED) is 0.526. The Morgan fingerprint density at radius 1 is 1.21 bits per heavy atom. The monoisotopic (exact) mass is 503 g/mol. The van der Waals surface area contributed by atoms with E-state index in [2.05, 4.69) is 39.4 Å². The van der Waals surface area contributed by atoms with Crippen LogP contribution in [0.1, 0.15) is 12.5 Å². The normalized spacial score (nSPS) is 25.0. The molecule has 2 fully saturated rings. The number of halogens is 2. The molecule has 0 spiro atoms. The number of benzene rings is 2. The number of nitrogens with zero attached hydrogens (tertiary/aromatic N) is 4. The van der Waals surface area contributed by atoms with Crippen LogP contribution in [0.5, 0.6) is 5.75 Å². The molecule has 5 rings (SSSR count). The maximum absolute atomic E-state index is 6.52. The molecular formula is C24H27Cl2N5O3. The Labute approximate surface area is 208 Å². The molecule has 2 saturated heterocycles. The Balaban J connectivity index is 1.26. The molecule has 3 aromatic rings. The SMILES string of the molecule is CC1CNCCN1c1ccc(OC[C@@H]2CO[C@@](Cn3cncn3)(c3ccc(Cl)cc3Cl)O2)cc1. The van der Waals surface area contributed by atoms with E-state index in [0.717, 1.165) is 25.4 Å².